The molecule has 0 bridgehead atoms. The Morgan fingerprint density at radius 3 is 2.27 bits per heavy atom. The first-order valence-corrected chi connectivity index (χ1v) is 8.58. The molecule has 0 aromatic heterocycles. The summed E-state index contributed by atoms with van der Waals surface area (Å²) in [7, 11) is 0. The summed E-state index contributed by atoms with van der Waals surface area (Å²) in [5.41, 5.74) is 4.41. The van der Waals surface area contributed by atoms with Gasteiger partial charge >= 0.3 is 6.09 Å². The topological polar surface area (TPSA) is 38.3 Å². The lowest BCUT2D eigenvalue weighted by atomic mass is 9.99. The van der Waals surface area contributed by atoms with Crippen molar-refractivity contribution in [2.75, 3.05) is 6.54 Å². The zero-order valence-electron chi connectivity index (χ0n) is 14.5. The van der Waals surface area contributed by atoms with E-state index in [0.29, 0.717) is 6.54 Å². The van der Waals surface area contributed by atoms with E-state index < -0.39 is 6.09 Å². The number of amides is 1. The molecule has 3 aromatic carbocycles. The van der Waals surface area contributed by atoms with Gasteiger partial charge in [-0.05, 0) is 22.3 Å². The fraction of sp³-hybridized carbons (Fsp3) is 0.0870. The van der Waals surface area contributed by atoms with Crippen LogP contribution >= 0.6 is 0 Å². The standard InChI is InChI=1S/C23H21NO2/c25-23(26-18-19-10-3-1-4-11-19)24-17-9-15-21-14-7-8-16-22(21)20-12-5-2-6-13-20/h1-16H,17-18H2,(H,24,25). The van der Waals surface area contributed by atoms with Crippen LogP contribution in [0.5, 0.6) is 0 Å². The van der Waals surface area contributed by atoms with E-state index in [1.54, 1.807) is 0 Å². The number of hydrogen-bond donors (Lipinski definition) is 1. The van der Waals surface area contributed by atoms with Crippen molar-refractivity contribution in [1.29, 1.82) is 0 Å². The lowest BCUT2D eigenvalue weighted by molar-refractivity contribution is 0.141. The molecule has 0 spiro atoms. The van der Waals surface area contributed by atoms with E-state index >= 15 is 0 Å². The van der Waals surface area contributed by atoms with Gasteiger partial charge in [0.1, 0.15) is 6.61 Å². The second-order valence-electron chi connectivity index (χ2n) is 5.80. The smallest absolute Gasteiger partial charge is 0.407 e. The zero-order chi connectivity index (χ0) is 18.0. The third-order valence-electron chi connectivity index (χ3n) is 3.92. The molecule has 26 heavy (non-hydrogen) atoms. The van der Waals surface area contributed by atoms with Crippen molar-refractivity contribution in [2.45, 2.75) is 6.61 Å². The minimum Gasteiger partial charge on any atom is -0.445 e. The molecule has 0 aliphatic carbocycles. The van der Waals surface area contributed by atoms with Crippen LogP contribution < -0.4 is 5.32 Å². The summed E-state index contributed by atoms with van der Waals surface area (Å²) >= 11 is 0. The molecule has 0 saturated carbocycles. The molecule has 0 atom stereocenters. The minimum absolute atomic E-state index is 0.271. The molecule has 0 unspecified atom stereocenters. The lowest BCUT2D eigenvalue weighted by Crippen LogP contribution is -2.24. The summed E-state index contributed by atoms with van der Waals surface area (Å²) in [5.74, 6) is 0. The van der Waals surface area contributed by atoms with Crippen molar-refractivity contribution in [3.63, 3.8) is 0 Å². The molecule has 3 rings (SSSR count). The Labute approximate surface area is 154 Å². The number of hydrogen-bond acceptors (Lipinski definition) is 2. The van der Waals surface area contributed by atoms with E-state index in [2.05, 4.69) is 29.6 Å². The lowest BCUT2D eigenvalue weighted by Gasteiger charge is -2.07. The van der Waals surface area contributed by atoms with Gasteiger partial charge in [-0.3, -0.25) is 0 Å². The summed E-state index contributed by atoms with van der Waals surface area (Å²) in [5, 5.41) is 2.73. The highest BCUT2D eigenvalue weighted by Crippen LogP contribution is 2.24. The van der Waals surface area contributed by atoms with Crippen LogP contribution in [0.2, 0.25) is 0 Å². The van der Waals surface area contributed by atoms with Crippen LogP contribution in [0.15, 0.2) is 91.0 Å². The number of rotatable bonds is 6. The molecule has 3 heteroatoms. The van der Waals surface area contributed by atoms with E-state index in [4.69, 9.17) is 4.74 Å². The second-order valence-corrected chi connectivity index (χ2v) is 5.80. The molecule has 3 aromatic rings. The Balaban J connectivity index is 1.52. The highest BCUT2D eigenvalue weighted by molar-refractivity contribution is 5.75. The second kappa shape index (κ2) is 9.23. The Morgan fingerprint density at radius 2 is 1.50 bits per heavy atom. The van der Waals surface area contributed by atoms with Crippen molar-refractivity contribution < 1.29 is 9.53 Å². The van der Waals surface area contributed by atoms with Crippen LogP contribution in [0.25, 0.3) is 17.2 Å². The Hall–Kier alpha value is -3.33. The highest BCUT2D eigenvalue weighted by atomic mass is 16.5. The van der Waals surface area contributed by atoms with Gasteiger partial charge < -0.3 is 10.1 Å². The van der Waals surface area contributed by atoms with Gasteiger partial charge in [-0.1, -0.05) is 97.1 Å². The third kappa shape index (κ3) is 5.08. The van der Waals surface area contributed by atoms with Gasteiger partial charge in [0.2, 0.25) is 0 Å². The van der Waals surface area contributed by atoms with Gasteiger partial charge in [0.05, 0.1) is 0 Å². The molecule has 0 radical (unpaired) electrons. The van der Waals surface area contributed by atoms with Gasteiger partial charge in [0.25, 0.3) is 0 Å². The molecule has 1 N–H and O–H groups in total. The van der Waals surface area contributed by atoms with Crippen molar-refractivity contribution in [3.8, 4) is 11.1 Å². The molecular formula is C23H21NO2. The number of carbonyl (C=O) groups is 1. The minimum atomic E-state index is -0.421. The number of ether oxygens (including phenoxy) is 1. The van der Waals surface area contributed by atoms with E-state index in [1.807, 2.05) is 72.8 Å². The SMILES string of the molecule is O=C(NCC=Cc1ccccc1-c1ccccc1)OCc1ccccc1. The molecular weight excluding hydrogens is 322 g/mol. The van der Waals surface area contributed by atoms with Crippen molar-refractivity contribution in [1.82, 2.24) is 5.32 Å². The van der Waals surface area contributed by atoms with Gasteiger partial charge in [0.15, 0.2) is 0 Å². The van der Waals surface area contributed by atoms with E-state index in [0.717, 1.165) is 16.7 Å². The predicted octanol–water partition coefficient (Wildman–Crippen LogP) is 5.29. The maximum absolute atomic E-state index is 11.7. The largest absolute Gasteiger partial charge is 0.445 e. The maximum atomic E-state index is 11.7. The molecule has 0 saturated heterocycles. The van der Waals surface area contributed by atoms with E-state index in [9.17, 15) is 4.79 Å². The number of alkyl carbamates (subject to hydrolysis) is 1. The van der Waals surface area contributed by atoms with Crippen molar-refractivity contribution in [3.05, 3.63) is 102 Å². The Bertz CT molecular complexity index is 858. The maximum Gasteiger partial charge on any atom is 0.407 e. The van der Waals surface area contributed by atoms with Crippen LogP contribution in [0.1, 0.15) is 11.1 Å². The Kier molecular flexibility index (Phi) is 6.21. The number of carbonyl (C=O) groups excluding carboxylic acids is 1. The molecule has 3 nitrogen and oxygen atoms in total. The summed E-state index contributed by atoms with van der Waals surface area (Å²) in [6.45, 7) is 0.684. The fourth-order valence-electron chi connectivity index (χ4n) is 2.63. The summed E-state index contributed by atoms with van der Waals surface area (Å²) in [6, 6.07) is 28.1. The van der Waals surface area contributed by atoms with Gasteiger partial charge in [0, 0.05) is 6.54 Å². The average molecular weight is 343 g/mol. The van der Waals surface area contributed by atoms with Crippen molar-refractivity contribution in [2.24, 2.45) is 0 Å². The number of benzene rings is 3. The van der Waals surface area contributed by atoms with Crippen LogP contribution in [0.3, 0.4) is 0 Å². The predicted molar refractivity (Wildman–Crippen MR) is 106 cm³/mol. The highest BCUT2D eigenvalue weighted by Gasteiger charge is 2.02. The average Bonchev–Trinajstić information content (AvgIpc) is 2.71. The van der Waals surface area contributed by atoms with Gasteiger partial charge in [-0.25, -0.2) is 4.79 Å². The molecule has 0 fully saturated rings. The van der Waals surface area contributed by atoms with Crippen LogP contribution in [-0.4, -0.2) is 12.6 Å². The molecule has 130 valence electrons. The molecule has 0 aliphatic rings. The molecule has 0 aliphatic heterocycles. The van der Waals surface area contributed by atoms with Crippen molar-refractivity contribution >= 4 is 12.2 Å². The van der Waals surface area contributed by atoms with Gasteiger partial charge in [-0.2, -0.15) is 0 Å². The van der Waals surface area contributed by atoms with Crippen LogP contribution in [0, 0.1) is 0 Å². The van der Waals surface area contributed by atoms with E-state index in [1.165, 1.54) is 5.56 Å². The summed E-state index contributed by atoms with van der Waals surface area (Å²) in [6.07, 6.45) is 3.51. The first kappa shape index (κ1) is 17.5. The first-order chi connectivity index (χ1) is 12.8. The molecule has 1 amide bonds. The molecule has 0 heterocycles. The normalized spacial score (nSPS) is 10.6. The zero-order valence-corrected chi connectivity index (χ0v) is 14.5. The summed E-state index contributed by atoms with van der Waals surface area (Å²) < 4.78 is 5.19. The summed E-state index contributed by atoms with van der Waals surface area (Å²) in [4.78, 5) is 11.7. The first-order valence-electron chi connectivity index (χ1n) is 8.58. The Morgan fingerprint density at radius 1 is 0.846 bits per heavy atom. The van der Waals surface area contributed by atoms with Crippen LogP contribution in [0.4, 0.5) is 4.79 Å². The monoisotopic (exact) mass is 343 g/mol. The number of nitrogens with one attached hydrogen (secondary N) is 1. The third-order valence-corrected chi connectivity index (χ3v) is 3.92. The van der Waals surface area contributed by atoms with E-state index in [-0.39, 0.29) is 6.61 Å². The van der Waals surface area contributed by atoms with Gasteiger partial charge in [-0.15, -0.1) is 0 Å². The van der Waals surface area contributed by atoms with Crippen LogP contribution in [-0.2, 0) is 11.3 Å². The fourth-order valence-corrected chi connectivity index (χ4v) is 2.63. The quantitative estimate of drug-likeness (QED) is 0.660.